The lowest BCUT2D eigenvalue weighted by Gasteiger charge is -2.42. The summed E-state index contributed by atoms with van der Waals surface area (Å²) in [5, 5.41) is 21.6. The molecule has 0 spiro atoms. The fourth-order valence-corrected chi connectivity index (χ4v) is 3.24. The van der Waals surface area contributed by atoms with Crippen molar-refractivity contribution >= 4 is 6.09 Å². The van der Waals surface area contributed by atoms with E-state index in [1.807, 2.05) is 54.6 Å². The SMILES string of the molecule is CCOC(=O)N1CC[C@](O)(c2cccc(-c3ccccc3)c2)[C@@H](O)C1. The van der Waals surface area contributed by atoms with Crippen molar-refractivity contribution < 1.29 is 19.7 Å². The van der Waals surface area contributed by atoms with Gasteiger partial charge >= 0.3 is 6.09 Å². The summed E-state index contributed by atoms with van der Waals surface area (Å²) in [6.07, 6.45) is -1.27. The Morgan fingerprint density at radius 2 is 1.92 bits per heavy atom. The summed E-state index contributed by atoms with van der Waals surface area (Å²) < 4.78 is 4.97. The van der Waals surface area contributed by atoms with Gasteiger partial charge in [-0.05, 0) is 29.7 Å². The molecule has 1 saturated heterocycles. The summed E-state index contributed by atoms with van der Waals surface area (Å²) in [7, 11) is 0. The third-order valence-electron chi connectivity index (χ3n) is 4.70. The average Bonchev–Trinajstić information content (AvgIpc) is 2.65. The molecule has 0 radical (unpaired) electrons. The average molecular weight is 341 g/mol. The molecule has 1 aliphatic heterocycles. The number of carbonyl (C=O) groups is 1. The maximum Gasteiger partial charge on any atom is 0.409 e. The standard InChI is InChI=1S/C20H23NO4/c1-2-25-19(23)21-12-11-20(24,18(22)14-21)17-10-6-9-16(13-17)15-7-4-3-5-8-15/h3-10,13,18,22,24H,2,11-12,14H2,1H3/t18-,20-/m0/s1. The normalized spacial score (nSPS) is 23.3. The number of β-amino-alcohol motifs (C(OH)–C–C–N with tert-alkyl or cyclic N) is 1. The van der Waals surface area contributed by atoms with Crippen LogP contribution < -0.4 is 0 Å². The smallest absolute Gasteiger partial charge is 0.409 e. The second-order valence-corrected chi connectivity index (χ2v) is 6.28. The first-order valence-corrected chi connectivity index (χ1v) is 8.52. The number of ether oxygens (including phenoxy) is 1. The summed E-state index contributed by atoms with van der Waals surface area (Å²) in [6, 6.07) is 17.4. The third-order valence-corrected chi connectivity index (χ3v) is 4.70. The lowest BCUT2D eigenvalue weighted by molar-refractivity contribution is -0.120. The molecule has 2 N–H and O–H groups in total. The molecule has 1 amide bonds. The summed E-state index contributed by atoms with van der Waals surface area (Å²) in [5.41, 5.74) is 1.30. The summed E-state index contributed by atoms with van der Waals surface area (Å²) in [5.74, 6) is 0. The molecular formula is C20H23NO4. The van der Waals surface area contributed by atoms with E-state index in [4.69, 9.17) is 4.74 Å². The van der Waals surface area contributed by atoms with Gasteiger partial charge in [-0.15, -0.1) is 0 Å². The summed E-state index contributed by atoms with van der Waals surface area (Å²) >= 11 is 0. The largest absolute Gasteiger partial charge is 0.450 e. The van der Waals surface area contributed by atoms with Gasteiger partial charge in [0.25, 0.3) is 0 Å². The Bertz CT molecular complexity index is 733. The van der Waals surface area contributed by atoms with Crippen LogP contribution in [0.1, 0.15) is 18.9 Å². The molecule has 0 unspecified atom stereocenters. The van der Waals surface area contributed by atoms with Crippen LogP contribution >= 0.6 is 0 Å². The Labute approximate surface area is 147 Å². The summed E-state index contributed by atoms with van der Waals surface area (Å²) in [4.78, 5) is 13.3. The zero-order valence-corrected chi connectivity index (χ0v) is 14.3. The highest BCUT2D eigenvalue weighted by Gasteiger charge is 2.43. The van der Waals surface area contributed by atoms with E-state index >= 15 is 0 Å². The highest BCUT2D eigenvalue weighted by Crippen LogP contribution is 2.35. The Morgan fingerprint density at radius 1 is 1.20 bits per heavy atom. The van der Waals surface area contributed by atoms with Crippen LogP contribution in [-0.4, -0.2) is 47.0 Å². The van der Waals surface area contributed by atoms with Crippen LogP contribution in [0, 0.1) is 0 Å². The van der Waals surface area contributed by atoms with Gasteiger partial charge in [-0.2, -0.15) is 0 Å². The van der Waals surface area contributed by atoms with E-state index in [0.717, 1.165) is 11.1 Å². The lowest BCUT2D eigenvalue weighted by atomic mass is 9.81. The van der Waals surface area contributed by atoms with Gasteiger partial charge in [0.05, 0.1) is 13.2 Å². The van der Waals surface area contributed by atoms with E-state index in [1.54, 1.807) is 6.92 Å². The van der Waals surface area contributed by atoms with E-state index in [1.165, 1.54) is 4.90 Å². The third kappa shape index (κ3) is 3.52. The zero-order chi connectivity index (χ0) is 17.9. The highest BCUT2D eigenvalue weighted by atomic mass is 16.6. The minimum absolute atomic E-state index is 0.0465. The van der Waals surface area contributed by atoms with Crippen LogP contribution in [0.4, 0.5) is 4.79 Å². The number of hydrogen-bond donors (Lipinski definition) is 2. The van der Waals surface area contributed by atoms with E-state index in [0.29, 0.717) is 12.1 Å². The van der Waals surface area contributed by atoms with Crippen LogP contribution in [0.25, 0.3) is 11.1 Å². The van der Waals surface area contributed by atoms with Crippen molar-refractivity contribution in [3.05, 3.63) is 60.2 Å². The molecule has 3 rings (SSSR count). The number of hydrogen-bond acceptors (Lipinski definition) is 4. The molecule has 5 heteroatoms. The Balaban J connectivity index is 1.83. The molecule has 0 aliphatic carbocycles. The first kappa shape index (κ1) is 17.5. The van der Waals surface area contributed by atoms with Crippen molar-refractivity contribution in [2.45, 2.75) is 25.0 Å². The first-order chi connectivity index (χ1) is 12.0. The van der Waals surface area contributed by atoms with Crippen molar-refractivity contribution in [3.63, 3.8) is 0 Å². The molecule has 5 nitrogen and oxygen atoms in total. The monoisotopic (exact) mass is 341 g/mol. The lowest BCUT2D eigenvalue weighted by Crippen LogP contribution is -2.55. The van der Waals surface area contributed by atoms with Gasteiger partial charge in [-0.1, -0.05) is 48.5 Å². The van der Waals surface area contributed by atoms with Gasteiger partial charge in [0.2, 0.25) is 0 Å². The summed E-state index contributed by atoms with van der Waals surface area (Å²) in [6.45, 7) is 2.41. The topological polar surface area (TPSA) is 70.0 Å². The Morgan fingerprint density at radius 3 is 2.60 bits per heavy atom. The van der Waals surface area contributed by atoms with Gasteiger partial charge in [-0.25, -0.2) is 4.79 Å². The quantitative estimate of drug-likeness (QED) is 0.901. The second-order valence-electron chi connectivity index (χ2n) is 6.28. The fraction of sp³-hybridized carbons (Fsp3) is 0.350. The van der Waals surface area contributed by atoms with Crippen LogP contribution in [0.3, 0.4) is 0 Å². The Hall–Kier alpha value is -2.37. The van der Waals surface area contributed by atoms with Crippen molar-refractivity contribution in [1.29, 1.82) is 0 Å². The molecule has 0 bridgehead atoms. The van der Waals surface area contributed by atoms with Crippen molar-refractivity contribution in [2.24, 2.45) is 0 Å². The maximum atomic E-state index is 11.8. The minimum atomic E-state index is -1.38. The van der Waals surface area contributed by atoms with Crippen LogP contribution in [-0.2, 0) is 10.3 Å². The number of likely N-dealkylation sites (tertiary alicyclic amines) is 1. The predicted octanol–water partition coefficient (Wildman–Crippen LogP) is 2.76. The van der Waals surface area contributed by atoms with Gasteiger partial charge in [0, 0.05) is 13.0 Å². The van der Waals surface area contributed by atoms with Crippen LogP contribution in [0.5, 0.6) is 0 Å². The molecule has 0 aromatic heterocycles. The number of benzene rings is 2. The van der Waals surface area contributed by atoms with Gasteiger partial charge < -0.3 is 19.8 Å². The molecule has 2 aromatic rings. The number of rotatable bonds is 3. The van der Waals surface area contributed by atoms with Gasteiger partial charge in [0.15, 0.2) is 0 Å². The van der Waals surface area contributed by atoms with Crippen molar-refractivity contribution in [2.75, 3.05) is 19.7 Å². The van der Waals surface area contributed by atoms with E-state index in [-0.39, 0.29) is 19.6 Å². The van der Waals surface area contributed by atoms with Crippen molar-refractivity contribution in [3.8, 4) is 11.1 Å². The zero-order valence-electron chi connectivity index (χ0n) is 14.3. The fourth-order valence-electron chi connectivity index (χ4n) is 3.24. The molecule has 1 aliphatic rings. The number of amides is 1. The molecule has 1 heterocycles. The molecule has 2 atom stereocenters. The highest BCUT2D eigenvalue weighted by molar-refractivity contribution is 5.68. The second kappa shape index (κ2) is 7.25. The molecular weight excluding hydrogens is 318 g/mol. The number of piperidine rings is 1. The molecule has 0 saturated carbocycles. The van der Waals surface area contributed by atoms with Crippen LogP contribution in [0.2, 0.25) is 0 Å². The van der Waals surface area contributed by atoms with E-state index in [9.17, 15) is 15.0 Å². The van der Waals surface area contributed by atoms with Crippen LogP contribution in [0.15, 0.2) is 54.6 Å². The van der Waals surface area contributed by atoms with E-state index < -0.39 is 17.8 Å². The maximum absolute atomic E-state index is 11.8. The molecule has 25 heavy (non-hydrogen) atoms. The Kier molecular flexibility index (Phi) is 5.06. The van der Waals surface area contributed by atoms with Gasteiger partial charge in [0.1, 0.15) is 11.7 Å². The number of aliphatic hydroxyl groups is 2. The molecule has 1 fully saturated rings. The number of nitrogens with zero attached hydrogens (tertiary/aromatic N) is 1. The van der Waals surface area contributed by atoms with Gasteiger partial charge in [-0.3, -0.25) is 0 Å². The minimum Gasteiger partial charge on any atom is -0.450 e. The number of carbonyl (C=O) groups excluding carboxylic acids is 1. The van der Waals surface area contributed by atoms with Crippen molar-refractivity contribution in [1.82, 2.24) is 4.90 Å². The first-order valence-electron chi connectivity index (χ1n) is 8.52. The van der Waals surface area contributed by atoms with E-state index in [2.05, 4.69) is 0 Å². The molecule has 132 valence electrons. The number of aliphatic hydroxyl groups excluding tert-OH is 1. The predicted molar refractivity (Wildman–Crippen MR) is 95.0 cm³/mol. The molecule has 2 aromatic carbocycles.